The highest BCUT2D eigenvalue weighted by Crippen LogP contribution is 2.26. The van der Waals surface area contributed by atoms with Gasteiger partial charge in [-0.05, 0) is 12.5 Å². The van der Waals surface area contributed by atoms with Crippen LogP contribution >= 0.6 is 11.3 Å². The van der Waals surface area contributed by atoms with Crippen LogP contribution in [0.5, 0.6) is 0 Å². The zero-order valence-corrected chi connectivity index (χ0v) is 15.9. The van der Waals surface area contributed by atoms with Gasteiger partial charge < -0.3 is 10.6 Å². The smallest absolute Gasteiger partial charge is 0.228 e. The molecule has 1 atom stereocenters. The fourth-order valence-corrected chi connectivity index (χ4v) is 3.28. The van der Waals surface area contributed by atoms with E-state index in [2.05, 4.69) is 25.7 Å². The maximum Gasteiger partial charge on any atom is 0.228 e. The number of benzene rings is 1. The first-order valence-electron chi connectivity index (χ1n) is 8.46. The summed E-state index contributed by atoms with van der Waals surface area (Å²) in [5.41, 5.74) is 2.77. The van der Waals surface area contributed by atoms with Crippen molar-refractivity contribution in [3.8, 4) is 11.3 Å². The SMILES string of the molecule is CC(=O)N[C@@H](C)c1ccc(-c2csc(NC(=O)CCn3cncn3)n2)cc1. The molecule has 0 unspecified atom stereocenters. The normalized spacial score (nSPS) is 11.8. The van der Waals surface area contributed by atoms with Gasteiger partial charge in [0.25, 0.3) is 0 Å². The minimum atomic E-state index is -0.120. The van der Waals surface area contributed by atoms with Gasteiger partial charge in [-0.3, -0.25) is 14.3 Å². The molecule has 0 saturated carbocycles. The Morgan fingerprint density at radius 1 is 1.26 bits per heavy atom. The number of nitrogens with one attached hydrogen (secondary N) is 2. The number of anilines is 1. The van der Waals surface area contributed by atoms with Gasteiger partial charge in [-0.2, -0.15) is 5.10 Å². The van der Waals surface area contributed by atoms with Gasteiger partial charge in [0.2, 0.25) is 11.8 Å². The van der Waals surface area contributed by atoms with E-state index in [9.17, 15) is 9.59 Å². The van der Waals surface area contributed by atoms with E-state index in [0.717, 1.165) is 16.8 Å². The minimum absolute atomic E-state index is 0.0492. The Labute approximate surface area is 160 Å². The number of nitrogens with zero attached hydrogens (tertiary/aromatic N) is 4. The van der Waals surface area contributed by atoms with Crippen molar-refractivity contribution in [1.29, 1.82) is 0 Å². The molecule has 0 fully saturated rings. The van der Waals surface area contributed by atoms with Crippen LogP contribution in [0.25, 0.3) is 11.3 Å². The van der Waals surface area contributed by atoms with Crippen molar-refractivity contribution < 1.29 is 9.59 Å². The van der Waals surface area contributed by atoms with Crippen LogP contribution in [0, 0.1) is 0 Å². The third-order valence-corrected chi connectivity index (χ3v) is 4.67. The van der Waals surface area contributed by atoms with Gasteiger partial charge in [-0.15, -0.1) is 11.3 Å². The third kappa shape index (κ3) is 5.20. The lowest BCUT2D eigenvalue weighted by molar-refractivity contribution is -0.119. The number of rotatable bonds is 7. The van der Waals surface area contributed by atoms with E-state index in [1.165, 1.54) is 24.6 Å². The summed E-state index contributed by atoms with van der Waals surface area (Å²) in [5, 5.41) is 12.1. The lowest BCUT2D eigenvalue weighted by Gasteiger charge is -2.13. The molecule has 0 aliphatic carbocycles. The Balaban J connectivity index is 1.58. The Hall–Kier alpha value is -3.07. The highest BCUT2D eigenvalue weighted by Gasteiger charge is 2.10. The number of aromatic nitrogens is 4. The minimum Gasteiger partial charge on any atom is -0.350 e. The summed E-state index contributed by atoms with van der Waals surface area (Å²) in [4.78, 5) is 31.5. The van der Waals surface area contributed by atoms with Crippen molar-refractivity contribution in [2.45, 2.75) is 32.9 Å². The van der Waals surface area contributed by atoms with Gasteiger partial charge in [0.1, 0.15) is 12.7 Å². The molecular weight excluding hydrogens is 364 g/mol. The van der Waals surface area contributed by atoms with Gasteiger partial charge >= 0.3 is 0 Å². The maximum absolute atomic E-state index is 12.0. The largest absolute Gasteiger partial charge is 0.350 e. The maximum atomic E-state index is 12.0. The Morgan fingerprint density at radius 3 is 2.70 bits per heavy atom. The fraction of sp³-hybridized carbons (Fsp3) is 0.278. The fourth-order valence-electron chi connectivity index (χ4n) is 2.54. The molecule has 9 heteroatoms. The predicted molar refractivity (Wildman–Crippen MR) is 103 cm³/mol. The second kappa shape index (κ2) is 8.54. The van der Waals surface area contributed by atoms with Crippen molar-refractivity contribution in [1.82, 2.24) is 25.1 Å². The second-order valence-corrected chi connectivity index (χ2v) is 6.90. The van der Waals surface area contributed by atoms with Gasteiger partial charge in [0, 0.05) is 24.3 Å². The van der Waals surface area contributed by atoms with Gasteiger partial charge in [0.15, 0.2) is 5.13 Å². The second-order valence-electron chi connectivity index (χ2n) is 6.04. The Bertz CT molecular complexity index is 904. The van der Waals surface area contributed by atoms with E-state index in [-0.39, 0.29) is 17.9 Å². The Morgan fingerprint density at radius 2 is 2.04 bits per heavy atom. The summed E-state index contributed by atoms with van der Waals surface area (Å²) in [6, 6.07) is 7.79. The lowest BCUT2D eigenvalue weighted by atomic mass is 10.1. The predicted octanol–water partition coefficient (Wildman–Crippen LogP) is 2.63. The first kappa shape index (κ1) is 18.7. The molecule has 27 heavy (non-hydrogen) atoms. The first-order chi connectivity index (χ1) is 13.0. The van der Waals surface area contributed by atoms with E-state index in [1.807, 2.05) is 36.6 Å². The molecule has 140 valence electrons. The highest BCUT2D eigenvalue weighted by atomic mass is 32.1. The molecule has 0 aliphatic heterocycles. The van der Waals surface area contributed by atoms with Gasteiger partial charge in [-0.25, -0.2) is 9.97 Å². The van der Waals surface area contributed by atoms with Crippen LogP contribution in [0.4, 0.5) is 5.13 Å². The molecule has 0 bridgehead atoms. The van der Waals surface area contributed by atoms with E-state index in [1.54, 1.807) is 11.0 Å². The van der Waals surface area contributed by atoms with Gasteiger partial charge in [-0.1, -0.05) is 24.3 Å². The molecule has 3 aromatic rings. The molecule has 2 aromatic heterocycles. The summed E-state index contributed by atoms with van der Waals surface area (Å²) in [7, 11) is 0. The molecule has 1 aromatic carbocycles. The summed E-state index contributed by atoms with van der Waals surface area (Å²) < 4.78 is 1.61. The van der Waals surface area contributed by atoms with Crippen molar-refractivity contribution in [2.24, 2.45) is 0 Å². The van der Waals surface area contributed by atoms with Crippen LogP contribution in [0.3, 0.4) is 0 Å². The summed E-state index contributed by atoms with van der Waals surface area (Å²) >= 11 is 1.38. The van der Waals surface area contributed by atoms with Crippen LogP contribution in [0.1, 0.15) is 31.9 Å². The number of thiazole rings is 1. The molecule has 8 nitrogen and oxygen atoms in total. The lowest BCUT2D eigenvalue weighted by Crippen LogP contribution is -2.23. The zero-order valence-electron chi connectivity index (χ0n) is 15.0. The Kier molecular flexibility index (Phi) is 5.92. The summed E-state index contributed by atoms with van der Waals surface area (Å²) in [6.07, 6.45) is 3.31. The molecule has 0 radical (unpaired) electrons. The average molecular weight is 384 g/mol. The number of aryl methyl sites for hydroxylation is 1. The van der Waals surface area contributed by atoms with E-state index < -0.39 is 0 Å². The van der Waals surface area contributed by atoms with E-state index in [0.29, 0.717) is 18.1 Å². The zero-order chi connectivity index (χ0) is 19.2. The number of carbonyl (C=O) groups is 2. The van der Waals surface area contributed by atoms with E-state index >= 15 is 0 Å². The van der Waals surface area contributed by atoms with Crippen molar-refractivity contribution >= 4 is 28.3 Å². The molecule has 0 saturated heterocycles. The van der Waals surface area contributed by atoms with Crippen LogP contribution in [-0.4, -0.2) is 31.6 Å². The molecule has 2 heterocycles. The van der Waals surface area contributed by atoms with Crippen LogP contribution in [0.2, 0.25) is 0 Å². The molecular formula is C18H20N6O2S. The van der Waals surface area contributed by atoms with Crippen molar-refractivity contribution in [3.05, 3.63) is 47.9 Å². The quantitative estimate of drug-likeness (QED) is 0.652. The van der Waals surface area contributed by atoms with E-state index in [4.69, 9.17) is 0 Å². The highest BCUT2D eigenvalue weighted by molar-refractivity contribution is 7.14. The van der Waals surface area contributed by atoms with Crippen LogP contribution in [-0.2, 0) is 16.1 Å². The van der Waals surface area contributed by atoms with Crippen LogP contribution in [0.15, 0.2) is 42.3 Å². The molecule has 2 N–H and O–H groups in total. The monoisotopic (exact) mass is 384 g/mol. The van der Waals surface area contributed by atoms with Crippen molar-refractivity contribution in [3.63, 3.8) is 0 Å². The summed E-state index contributed by atoms with van der Waals surface area (Å²) in [5.74, 6) is -0.179. The number of hydrogen-bond acceptors (Lipinski definition) is 6. The topological polar surface area (TPSA) is 102 Å². The number of carbonyl (C=O) groups excluding carboxylic acids is 2. The summed E-state index contributed by atoms with van der Waals surface area (Å²) in [6.45, 7) is 3.91. The van der Waals surface area contributed by atoms with Crippen LogP contribution < -0.4 is 10.6 Å². The standard InChI is InChI=1S/C18H20N6O2S/c1-12(21-13(2)25)14-3-5-15(6-4-14)16-9-27-18(22-16)23-17(26)7-8-24-11-19-10-20-24/h3-6,9-12H,7-8H2,1-2H3,(H,21,25)(H,22,23,26)/t12-/m0/s1. The number of amides is 2. The molecule has 0 aliphatic rings. The van der Waals surface area contributed by atoms with Crippen molar-refractivity contribution in [2.75, 3.05) is 5.32 Å². The van der Waals surface area contributed by atoms with Gasteiger partial charge in [0.05, 0.1) is 18.3 Å². The number of hydrogen-bond donors (Lipinski definition) is 2. The molecule has 3 rings (SSSR count). The molecule has 2 amide bonds. The average Bonchev–Trinajstić information content (AvgIpc) is 3.31. The third-order valence-electron chi connectivity index (χ3n) is 3.91. The first-order valence-corrected chi connectivity index (χ1v) is 9.34. The molecule has 0 spiro atoms.